The zero-order valence-corrected chi connectivity index (χ0v) is 16.2. The van der Waals surface area contributed by atoms with Crippen molar-refractivity contribution in [3.05, 3.63) is 78.1 Å². The van der Waals surface area contributed by atoms with E-state index in [1.165, 1.54) is 0 Å². The summed E-state index contributed by atoms with van der Waals surface area (Å²) in [5.41, 5.74) is 10.2. The van der Waals surface area contributed by atoms with Gasteiger partial charge in [-0.1, -0.05) is 24.3 Å². The lowest BCUT2D eigenvalue weighted by Gasteiger charge is -2.15. The van der Waals surface area contributed by atoms with Crippen LogP contribution in [0.15, 0.2) is 67.0 Å². The number of ether oxygens (including phenoxy) is 2. The number of pyridine rings is 1. The van der Waals surface area contributed by atoms with E-state index in [4.69, 9.17) is 15.2 Å². The molecule has 0 saturated heterocycles. The van der Waals surface area contributed by atoms with Crippen molar-refractivity contribution < 1.29 is 9.47 Å². The van der Waals surface area contributed by atoms with Gasteiger partial charge in [-0.25, -0.2) is 0 Å². The Balaban J connectivity index is 1.73. The molecule has 2 aromatic heterocycles. The normalized spacial score (nSPS) is 11.8. The minimum absolute atomic E-state index is 0.306. The van der Waals surface area contributed by atoms with Crippen LogP contribution < -0.4 is 15.2 Å². The molecule has 146 valence electrons. The molecule has 1 atom stereocenters. The Kier molecular flexibility index (Phi) is 5.22. The van der Waals surface area contributed by atoms with Crippen molar-refractivity contribution in [2.24, 2.45) is 5.73 Å². The molecule has 0 saturated carbocycles. The van der Waals surface area contributed by atoms with E-state index in [2.05, 4.69) is 20.2 Å². The second-order valence-corrected chi connectivity index (χ2v) is 6.47. The van der Waals surface area contributed by atoms with Crippen molar-refractivity contribution in [3.63, 3.8) is 0 Å². The third kappa shape index (κ3) is 3.81. The number of nitrogens with zero attached hydrogens (tertiary/aromatic N) is 3. The molecule has 2 heterocycles. The lowest BCUT2D eigenvalue weighted by molar-refractivity contribution is 0.394. The fourth-order valence-corrected chi connectivity index (χ4v) is 3.19. The first kappa shape index (κ1) is 18.6. The van der Waals surface area contributed by atoms with Crippen LogP contribution in [0.4, 0.5) is 0 Å². The maximum Gasteiger partial charge on any atom is 0.161 e. The Morgan fingerprint density at radius 3 is 2.21 bits per heavy atom. The van der Waals surface area contributed by atoms with Crippen molar-refractivity contribution in [2.45, 2.75) is 6.04 Å². The Morgan fingerprint density at radius 1 is 0.862 bits per heavy atom. The van der Waals surface area contributed by atoms with E-state index in [-0.39, 0.29) is 6.04 Å². The molecular weight excluding hydrogens is 366 g/mol. The van der Waals surface area contributed by atoms with Crippen LogP contribution in [-0.2, 0) is 0 Å². The number of hydrogen-bond donors (Lipinski definition) is 2. The summed E-state index contributed by atoms with van der Waals surface area (Å²) < 4.78 is 10.7. The number of hydrogen-bond acceptors (Lipinski definition) is 6. The average Bonchev–Trinajstić information content (AvgIpc) is 3.29. The van der Waals surface area contributed by atoms with Crippen molar-refractivity contribution in [3.8, 4) is 34.3 Å². The average molecular weight is 387 g/mol. The summed E-state index contributed by atoms with van der Waals surface area (Å²) in [5.74, 6) is 2.61. The summed E-state index contributed by atoms with van der Waals surface area (Å²) in [6, 6.07) is 17.0. The van der Waals surface area contributed by atoms with Crippen molar-refractivity contribution in [1.29, 1.82) is 0 Å². The third-order valence-corrected chi connectivity index (χ3v) is 4.73. The second kappa shape index (κ2) is 8.12. The molecule has 0 aliphatic rings. The van der Waals surface area contributed by atoms with E-state index in [1.807, 2.05) is 54.6 Å². The molecule has 0 amide bonds. The summed E-state index contributed by atoms with van der Waals surface area (Å²) in [4.78, 5) is 7.36. The van der Waals surface area contributed by atoms with Gasteiger partial charge in [-0.2, -0.15) is 0 Å². The van der Waals surface area contributed by atoms with Gasteiger partial charge >= 0.3 is 0 Å². The lowest BCUT2D eigenvalue weighted by Crippen LogP contribution is -2.13. The first-order chi connectivity index (χ1) is 14.2. The van der Waals surface area contributed by atoms with Gasteiger partial charge in [0.05, 0.1) is 20.3 Å². The number of nitrogens with two attached hydrogens (primary N) is 1. The van der Waals surface area contributed by atoms with Gasteiger partial charge in [-0.15, -0.1) is 10.2 Å². The van der Waals surface area contributed by atoms with Crippen LogP contribution in [0.5, 0.6) is 11.5 Å². The molecule has 0 aliphatic heterocycles. The number of benzene rings is 2. The van der Waals surface area contributed by atoms with Crippen LogP contribution in [0.2, 0.25) is 0 Å². The Morgan fingerprint density at radius 2 is 1.52 bits per heavy atom. The standard InChI is InChI=1S/C22H21N5O2/c1-28-16-11-15(12-17(13-16)29-2)21-25-22(27-26-21)19-6-4-3-5-18(19)20(23)14-7-9-24-10-8-14/h3-13,20H,23H2,1-2H3,(H,25,26,27). The van der Waals surface area contributed by atoms with Crippen molar-refractivity contribution in [1.82, 2.24) is 20.2 Å². The van der Waals surface area contributed by atoms with E-state index in [1.54, 1.807) is 26.6 Å². The van der Waals surface area contributed by atoms with Gasteiger partial charge < -0.3 is 20.2 Å². The number of nitrogens with one attached hydrogen (secondary N) is 1. The summed E-state index contributed by atoms with van der Waals surface area (Å²) in [6.07, 6.45) is 3.47. The highest BCUT2D eigenvalue weighted by molar-refractivity contribution is 5.67. The zero-order chi connectivity index (χ0) is 20.2. The molecule has 0 radical (unpaired) electrons. The minimum atomic E-state index is -0.306. The third-order valence-electron chi connectivity index (χ3n) is 4.73. The summed E-state index contributed by atoms with van der Waals surface area (Å²) in [5, 5.41) is 8.67. The van der Waals surface area contributed by atoms with E-state index in [0.717, 1.165) is 22.3 Å². The van der Waals surface area contributed by atoms with Gasteiger partial charge in [0.1, 0.15) is 11.5 Å². The van der Waals surface area contributed by atoms with Crippen LogP contribution in [-0.4, -0.2) is 34.4 Å². The highest BCUT2D eigenvalue weighted by Crippen LogP contribution is 2.31. The summed E-state index contributed by atoms with van der Waals surface area (Å²) >= 11 is 0. The molecule has 4 aromatic rings. The largest absolute Gasteiger partial charge is 0.497 e. The fraction of sp³-hybridized carbons (Fsp3) is 0.136. The fourth-order valence-electron chi connectivity index (χ4n) is 3.19. The van der Waals surface area contributed by atoms with Crippen molar-refractivity contribution in [2.75, 3.05) is 14.2 Å². The van der Waals surface area contributed by atoms with Gasteiger partial charge in [0.2, 0.25) is 0 Å². The van der Waals surface area contributed by atoms with E-state index in [0.29, 0.717) is 23.1 Å². The molecule has 29 heavy (non-hydrogen) atoms. The minimum Gasteiger partial charge on any atom is -0.497 e. The monoisotopic (exact) mass is 387 g/mol. The highest BCUT2D eigenvalue weighted by Gasteiger charge is 2.17. The number of methoxy groups -OCH3 is 2. The molecule has 4 rings (SSSR count). The lowest BCUT2D eigenvalue weighted by atomic mass is 9.95. The summed E-state index contributed by atoms with van der Waals surface area (Å²) in [7, 11) is 3.22. The number of rotatable bonds is 6. The molecular formula is C22H21N5O2. The molecule has 0 spiro atoms. The molecule has 1 unspecified atom stereocenters. The highest BCUT2D eigenvalue weighted by atomic mass is 16.5. The predicted molar refractivity (Wildman–Crippen MR) is 111 cm³/mol. The molecule has 0 bridgehead atoms. The maximum absolute atomic E-state index is 6.53. The van der Waals surface area contributed by atoms with Gasteiger partial charge in [0, 0.05) is 29.6 Å². The molecule has 3 N–H and O–H groups in total. The number of aromatic amines is 1. The molecule has 7 heteroatoms. The Labute approximate surface area is 168 Å². The zero-order valence-electron chi connectivity index (χ0n) is 16.2. The van der Waals surface area contributed by atoms with Gasteiger partial charge in [-0.3, -0.25) is 4.98 Å². The Hall–Kier alpha value is -3.71. The number of aromatic nitrogens is 4. The Bertz CT molecular complexity index is 1090. The smallest absolute Gasteiger partial charge is 0.161 e. The second-order valence-electron chi connectivity index (χ2n) is 6.47. The van der Waals surface area contributed by atoms with Crippen molar-refractivity contribution >= 4 is 0 Å². The summed E-state index contributed by atoms with van der Waals surface area (Å²) in [6.45, 7) is 0. The SMILES string of the molecule is COc1cc(OC)cc(-c2nnc(-c3ccccc3C(N)c3ccncc3)[nH]2)c1. The molecule has 0 aliphatic carbocycles. The van der Waals surface area contributed by atoms with Gasteiger partial charge in [0.15, 0.2) is 11.6 Å². The van der Waals surface area contributed by atoms with Gasteiger partial charge in [0.25, 0.3) is 0 Å². The molecule has 7 nitrogen and oxygen atoms in total. The predicted octanol–water partition coefficient (Wildman–Crippen LogP) is 3.60. The topological polar surface area (TPSA) is 98.9 Å². The number of H-pyrrole nitrogens is 1. The van der Waals surface area contributed by atoms with E-state index >= 15 is 0 Å². The van der Waals surface area contributed by atoms with Gasteiger partial charge in [-0.05, 0) is 35.4 Å². The van der Waals surface area contributed by atoms with Crippen LogP contribution in [0.1, 0.15) is 17.2 Å². The first-order valence-corrected chi connectivity index (χ1v) is 9.10. The molecule has 2 aromatic carbocycles. The quantitative estimate of drug-likeness (QED) is 0.524. The maximum atomic E-state index is 6.53. The van der Waals surface area contributed by atoms with Crippen LogP contribution in [0.25, 0.3) is 22.8 Å². The molecule has 0 fully saturated rings. The van der Waals surface area contributed by atoms with Crippen LogP contribution in [0, 0.1) is 0 Å². The van der Waals surface area contributed by atoms with E-state index in [9.17, 15) is 0 Å². The van der Waals surface area contributed by atoms with E-state index < -0.39 is 0 Å². The van der Waals surface area contributed by atoms with Crippen LogP contribution in [0.3, 0.4) is 0 Å². The van der Waals surface area contributed by atoms with Crippen LogP contribution >= 0.6 is 0 Å². The first-order valence-electron chi connectivity index (χ1n) is 9.10.